The highest BCUT2D eigenvalue weighted by atomic mass is 32.2. The van der Waals surface area contributed by atoms with Crippen LogP contribution >= 0.6 is 0 Å². The Morgan fingerprint density at radius 3 is 2.92 bits per heavy atom. The molecule has 0 spiro atoms. The van der Waals surface area contributed by atoms with Crippen LogP contribution in [-0.4, -0.2) is 23.2 Å². The summed E-state index contributed by atoms with van der Waals surface area (Å²) in [5.41, 5.74) is 3.01. The van der Waals surface area contributed by atoms with Crippen molar-refractivity contribution in [3.05, 3.63) is 48.4 Å². The van der Waals surface area contributed by atoms with E-state index in [1.165, 1.54) is 17.1 Å². The van der Waals surface area contributed by atoms with Crippen LogP contribution < -0.4 is 4.72 Å². The van der Waals surface area contributed by atoms with Gasteiger partial charge in [-0.05, 0) is 25.0 Å². The highest BCUT2D eigenvalue weighted by Gasteiger charge is 2.20. The number of H-pyrrole nitrogens is 1. The first kappa shape index (κ1) is 16.8. The standard InChI is InChI=1S/C17H17N5O2S/c1-4-12(3)22-10-14(9-20-22)25(23,24)21-15-6-5-11(2)16-13(7-18)8-19-17(15)16/h5-6,8-10,19,21H,3-4H2,1-2H3. The van der Waals surface area contributed by atoms with Gasteiger partial charge in [-0.3, -0.25) is 4.72 Å². The SMILES string of the molecule is C=C(CC)n1cc(S(=O)(=O)Nc2ccc(C)c3c(C#N)c[nH]c23)cn1. The Morgan fingerprint density at radius 1 is 1.48 bits per heavy atom. The van der Waals surface area contributed by atoms with Gasteiger partial charge < -0.3 is 4.98 Å². The Labute approximate surface area is 145 Å². The normalized spacial score (nSPS) is 11.4. The number of nitrogens with zero attached hydrogens (tertiary/aromatic N) is 3. The Kier molecular flexibility index (Phi) is 4.10. The molecule has 0 unspecified atom stereocenters. The second-order valence-electron chi connectivity index (χ2n) is 5.64. The van der Waals surface area contributed by atoms with Crippen molar-refractivity contribution in [1.82, 2.24) is 14.8 Å². The molecule has 25 heavy (non-hydrogen) atoms. The maximum absolute atomic E-state index is 12.7. The van der Waals surface area contributed by atoms with E-state index in [0.29, 0.717) is 34.3 Å². The van der Waals surface area contributed by atoms with Crippen LogP contribution in [0, 0.1) is 18.3 Å². The van der Waals surface area contributed by atoms with Crippen molar-refractivity contribution in [1.29, 1.82) is 5.26 Å². The van der Waals surface area contributed by atoms with Crippen molar-refractivity contribution < 1.29 is 8.42 Å². The van der Waals surface area contributed by atoms with E-state index < -0.39 is 10.0 Å². The summed E-state index contributed by atoms with van der Waals surface area (Å²) in [6.45, 7) is 7.62. The lowest BCUT2D eigenvalue weighted by atomic mass is 10.1. The molecule has 0 fully saturated rings. The zero-order valence-corrected chi connectivity index (χ0v) is 14.7. The number of aromatic nitrogens is 3. The predicted octanol–water partition coefficient (Wildman–Crippen LogP) is 3.23. The Hall–Kier alpha value is -3.05. The quantitative estimate of drug-likeness (QED) is 0.733. The molecular formula is C17H17N5O2S. The Bertz CT molecular complexity index is 1120. The molecule has 1 aromatic carbocycles. The molecule has 0 aliphatic carbocycles. The Morgan fingerprint density at radius 2 is 2.24 bits per heavy atom. The fourth-order valence-electron chi connectivity index (χ4n) is 2.58. The number of anilines is 1. The predicted molar refractivity (Wildman–Crippen MR) is 96.4 cm³/mol. The van der Waals surface area contributed by atoms with Crippen molar-refractivity contribution >= 4 is 32.3 Å². The van der Waals surface area contributed by atoms with E-state index in [-0.39, 0.29) is 4.90 Å². The summed E-state index contributed by atoms with van der Waals surface area (Å²) in [4.78, 5) is 3.02. The molecule has 3 aromatic rings. The molecular weight excluding hydrogens is 338 g/mol. The molecule has 7 nitrogen and oxygen atoms in total. The maximum atomic E-state index is 12.7. The third kappa shape index (κ3) is 2.90. The van der Waals surface area contributed by atoms with Crippen LogP contribution in [0.5, 0.6) is 0 Å². The topological polar surface area (TPSA) is 104 Å². The highest BCUT2D eigenvalue weighted by molar-refractivity contribution is 7.92. The average Bonchev–Trinajstić information content (AvgIpc) is 3.24. The minimum Gasteiger partial charge on any atom is -0.358 e. The number of nitrogens with one attached hydrogen (secondary N) is 2. The molecule has 0 bridgehead atoms. The molecule has 0 amide bonds. The van der Waals surface area contributed by atoms with E-state index in [2.05, 4.69) is 27.5 Å². The summed E-state index contributed by atoms with van der Waals surface area (Å²) in [6, 6.07) is 5.55. The minimum atomic E-state index is -3.81. The number of hydrogen-bond donors (Lipinski definition) is 2. The molecule has 0 atom stereocenters. The first-order chi connectivity index (χ1) is 11.9. The lowest BCUT2D eigenvalue weighted by Gasteiger charge is -2.09. The lowest BCUT2D eigenvalue weighted by Crippen LogP contribution is -2.12. The van der Waals surface area contributed by atoms with Crippen LogP contribution in [0.1, 0.15) is 24.5 Å². The summed E-state index contributed by atoms with van der Waals surface area (Å²) < 4.78 is 29.3. The van der Waals surface area contributed by atoms with Gasteiger partial charge in [0.1, 0.15) is 11.0 Å². The van der Waals surface area contributed by atoms with Crippen molar-refractivity contribution in [2.45, 2.75) is 25.2 Å². The van der Waals surface area contributed by atoms with E-state index in [4.69, 9.17) is 0 Å². The second-order valence-corrected chi connectivity index (χ2v) is 7.32. The van der Waals surface area contributed by atoms with Crippen molar-refractivity contribution in [3.8, 4) is 6.07 Å². The van der Waals surface area contributed by atoms with Gasteiger partial charge in [0.05, 0.1) is 29.2 Å². The van der Waals surface area contributed by atoms with Gasteiger partial charge >= 0.3 is 0 Å². The minimum absolute atomic E-state index is 0.0443. The second kappa shape index (κ2) is 6.11. The summed E-state index contributed by atoms with van der Waals surface area (Å²) in [5.74, 6) is 0. The van der Waals surface area contributed by atoms with E-state index in [9.17, 15) is 13.7 Å². The summed E-state index contributed by atoms with van der Waals surface area (Å²) in [5, 5.41) is 13.9. The van der Waals surface area contributed by atoms with Crippen LogP contribution in [-0.2, 0) is 10.0 Å². The van der Waals surface area contributed by atoms with Crippen molar-refractivity contribution in [2.75, 3.05) is 4.72 Å². The molecule has 2 N–H and O–H groups in total. The van der Waals surface area contributed by atoms with Crippen molar-refractivity contribution in [3.63, 3.8) is 0 Å². The first-order valence-corrected chi connectivity index (χ1v) is 9.12. The van der Waals surface area contributed by atoms with Gasteiger partial charge in [-0.15, -0.1) is 0 Å². The molecule has 8 heteroatoms. The third-order valence-corrected chi connectivity index (χ3v) is 5.33. The molecule has 0 radical (unpaired) electrons. The number of aromatic amines is 1. The van der Waals surface area contributed by atoms with Crippen LogP contribution in [0.15, 0.2) is 42.2 Å². The third-order valence-electron chi connectivity index (χ3n) is 4.01. The van der Waals surface area contributed by atoms with Gasteiger partial charge in [0, 0.05) is 17.3 Å². The van der Waals surface area contributed by atoms with Gasteiger partial charge in [0.15, 0.2) is 0 Å². The van der Waals surface area contributed by atoms with Crippen LogP contribution in [0.4, 0.5) is 5.69 Å². The smallest absolute Gasteiger partial charge is 0.265 e. The Balaban J connectivity index is 2.02. The zero-order valence-electron chi connectivity index (χ0n) is 13.9. The largest absolute Gasteiger partial charge is 0.358 e. The molecule has 0 saturated heterocycles. The molecule has 2 heterocycles. The molecule has 2 aromatic heterocycles. The first-order valence-electron chi connectivity index (χ1n) is 7.63. The number of fused-ring (bicyclic) bond motifs is 1. The number of hydrogen-bond acceptors (Lipinski definition) is 4. The number of nitriles is 1. The van der Waals surface area contributed by atoms with Gasteiger partial charge in [0.25, 0.3) is 10.0 Å². The fraction of sp³-hybridized carbons (Fsp3) is 0.176. The molecule has 0 aliphatic rings. The van der Waals surface area contributed by atoms with Crippen LogP contribution in [0.25, 0.3) is 16.6 Å². The van der Waals surface area contributed by atoms with E-state index in [1.807, 2.05) is 13.8 Å². The van der Waals surface area contributed by atoms with E-state index in [0.717, 1.165) is 5.56 Å². The van der Waals surface area contributed by atoms with Gasteiger partial charge in [-0.2, -0.15) is 10.4 Å². The van der Waals surface area contributed by atoms with E-state index >= 15 is 0 Å². The van der Waals surface area contributed by atoms with E-state index in [1.54, 1.807) is 18.3 Å². The highest BCUT2D eigenvalue weighted by Crippen LogP contribution is 2.30. The van der Waals surface area contributed by atoms with Gasteiger partial charge in [-0.25, -0.2) is 13.1 Å². The average molecular weight is 355 g/mol. The van der Waals surface area contributed by atoms with Crippen molar-refractivity contribution in [2.24, 2.45) is 0 Å². The number of benzene rings is 1. The van der Waals surface area contributed by atoms with Crippen LogP contribution in [0.2, 0.25) is 0 Å². The van der Waals surface area contributed by atoms with Gasteiger partial charge in [-0.1, -0.05) is 19.6 Å². The molecule has 128 valence electrons. The number of rotatable bonds is 5. The number of aryl methyl sites for hydroxylation is 1. The summed E-state index contributed by atoms with van der Waals surface area (Å²) in [7, 11) is -3.81. The molecule has 3 rings (SSSR count). The maximum Gasteiger partial charge on any atom is 0.265 e. The molecule has 0 saturated carbocycles. The number of allylic oxidation sites excluding steroid dienone is 1. The summed E-state index contributed by atoms with van der Waals surface area (Å²) >= 11 is 0. The monoisotopic (exact) mass is 355 g/mol. The molecule has 0 aliphatic heterocycles. The lowest BCUT2D eigenvalue weighted by molar-refractivity contribution is 0.601. The van der Waals surface area contributed by atoms with Gasteiger partial charge in [0.2, 0.25) is 0 Å². The fourth-order valence-corrected chi connectivity index (χ4v) is 3.58. The summed E-state index contributed by atoms with van der Waals surface area (Å²) in [6.07, 6.45) is 4.93. The number of sulfonamides is 1. The van der Waals surface area contributed by atoms with Crippen LogP contribution in [0.3, 0.4) is 0 Å². The zero-order chi connectivity index (χ0) is 18.2.